The van der Waals surface area contributed by atoms with E-state index in [0.29, 0.717) is 5.56 Å². The van der Waals surface area contributed by atoms with Crippen LogP contribution in [-0.4, -0.2) is 11.1 Å². The van der Waals surface area contributed by atoms with Gasteiger partial charge in [-0.05, 0) is 29.7 Å². The summed E-state index contributed by atoms with van der Waals surface area (Å²) in [4.78, 5) is 10.7. The minimum atomic E-state index is -0.894. The van der Waals surface area contributed by atoms with Crippen LogP contribution < -0.4 is 0 Å². The summed E-state index contributed by atoms with van der Waals surface area (Å²) in [5, 5.41) is 8.78. The number of allylic oxidation sites excluding steroid dienone is 1. The molecule has 0 atom stereocenters. The van der Waals surface area contributed by atoms with Gasteiger partial charge in [0.05, 0.1) is 5.56 Å². The molecular formula is C16H14O2. The standard InChI is InChI=1S/C16H14O2/c17-16(18)15-11-9-14(10-12-15)8-4-7-13-5-2-1-3-6-13/h1-6,8-12H,7H2,(H,17,18). The maximum atomic E-state index is 10.7. The first-order valence-corrected chi connectivity index (χ1v) is 5.79. The lowest BCUT2D eigenvalue weighted by Gasteiger charge is -1.97. The van der Waals surface area contributed by atoms with Crippen molar-refractivity contribution in [3.05, 3.63) is 77.4 Å². The lowest BCUT2D eigenvalue weighted by molar-refractivity contribution is 0.0697. The molecule has 18 heavy (non-hydrogen) atoms. The van der Waals surface area contributed by atoms with E-state index in [1.807, 2.05) is 36.4 Å². The molecule has 0 spiro atoms. The van der Waals surface area contributed by atoms with Gasteiger partial charge in [-0.2, -0.15) is 0 Å². The molecule has 0 aliphatic carbocycles. The number of benzene rings is 2. The Labute approximate surface area is 106 Å². The predicted molar refractivity (Wildman–Crippen MR) is 72.6 cm³/mol. The first kappa shape index (κ1) is 12.1. The number of carboxylic acid groups (broad SMARTS) is 1. The smallest absolute Gasteiger partial charge is 0.335 e. The average molecular weight is 238 g/mol. The number of carbonyl (C=O) groups is 1. The normalized spacial score (nSPS) is 10.7. The Balaban J connectivity index is 1.99. The third kappa shape index (κ3) is 3.32. The van der Waals surface area contributed by atoms with Gasteiger partial charge in [-0.1, -0.05) is 54.6 Å². The average Bonchev–Trinajstić information content (AvgIpc) is 2.40. The molecule has 2 rings (SSSR count). The van der Waals surface area contributed by atoms with Crippen molar-refractivity contribution < 1.29 is 9.90 Å². The first-order valence-electron chi connectivity index (χ1n) is 5.79. The van der Waals surface area contributed by atoms with Crippen LogP contribution in [0.3, 0.4) is 0 Å². The van der Waals surface area contributed by atoms with Gasteiger partial charge in [0.25, 0.3) is 0 Å². The largest absolute Gasteiger partial charge is 0.478 e. The second-order valence-electron chi connectivity index (χ2n) is 4.02. The van der Waals surface area contributed by atoms with Crippen LogP contribution in [0.1, 0.15) is 21.5 Å². The van der Waals surface area contributed by atoms with E-state index in [1.165, 1.54) is 5.56 Å². The predicted octanol–water partition coefficient (Wildman–Crippen LogP) is 3.64. The first-order chi connectivity index (χ1) is 8.75. The monoisotopic (exact) mass is 238 g/mol. The van der Waals surface area contributed by atoms with E-state index in [1.54, 1.807) is 12.1 Å². The van der Waals surface area contributed by atoms with E-state index in [0.717, 1.165) is 12.0 Å². The second kappa shape index (κ2) is 5.82. The molecule has 0 aliphatic rings. The molecular weight excluding hydrogens is 224 g/mol. The fraction of sp³-hybridized carbons (Fsp3) is 0.0625. The van der Waals surface area contributed by atoms with E-state index in [-0.39, 0.29) is 0 Å². The molecule has 0 bridgehead atoms. The van der Waals surface area contributed by atoms with E-state index < -0.39 is 5.97 Å². The highest BCUT2D eigenvalue weighted by molar-refractivity contribution is 5.87. The summed E-state index contributed by atoms with van der Waals surface area (Å²) >= 11 is 0. The van der Waals surface area contributed by atoms with Crippen molar-refractivity contribution in [1.82, 2.24) is 0 Å². The molecule has 0 saturated heterocycles. The van der Waals surface area contributed by atoms with Crippen molar-refractivity contribution in [2.24, 2.45) is 0 Å². The van der Waals surface area contributed by atoms with Crippen molar-refractivity contribution in [2.75, 3.05) is 0 Å². The molecule has 0 aliphatic heterocycles. The van der Waals surface area contributed by atoms with Crippen LogP contribution >= 0.6 is 0 Å². The molecule has 2 nitrogen and oxygen atoms in total. The van der Waals surface area contributed by atoms with Crippen LogP contribution in [0.2, 0.25) is 0 Å². The van der Waals surface area contributed by atoms with Gasteiger partial charge >= 0.3 is 5.97 Å². The number of rotatable bonds is 4. The van der Waals surface area contributed by atoms with Crippen molar-refractivity contribution in [3.8, 4) is 0 Å². The van der Waals surface area contributed by atoms with Gasteiger partial charge < -0.3 is 5.11 Å². The number of hydrogen-bond donors (Lipinski definition) is 1. The third-order valence-corrected chi connectivity index (χ3v) is 2.66. The van der Waals surface area contributed by atoms with Crippen LogP contribution in [0, 0.1) is 0 Å². The Bertz CT molecular complexity index is 539. The van der Waals surface area contributed by atoms with Gasteiger partial charge in [0.1, 0.15) is 0 Å². The Kier molecular flexibility index (Phi) is 3.92. The van der Waals surface area contributed by atoms with Crippen molar-refractivity contribution in [2.45, 2.75) is 6.42 Å². The molecule has 1 N–H and O–H groups in total. The fourth-order valence-corrected chi connectivity index (χ4v) is 1.68. The van der Waals surface area contributed by atoms with Gasteiger partial charge in [0, 0.05) is 0 Å². The summed E-state index contributed by atoms with van der Waals surface area (Å²) in [7, 11) is 0. The van der Waals surface area contributed by atoms with E-state index >= 15 is 0 Å². The van der Waals surface area contributed by atoms with Crippen molar-refractivity contribution in [3.63, 3.8) is 0 Å². The van der Waals surface area contributed by atoms with Crippen molar-refractivity contribution >= 4 is 12.0 Å². The highest BCUT2D eigenvalue weighted by atomic mass is 16.4. The molecule has 0 fully saturated rings. The molecule has 90 valence electrons. The van der Waals surface area contributed by atoms with E-state index in [4.69, 9.17) is 5.11 Å². The minimum Gasteiger partial charge on any atom is -0.478 e. The summed E-state index contributed by atoms with van der Waals surface area (Å²) in [6.07, 6.45) is 4.95. The maximum Gasteiger partial charge on any atom is 0.335 e. The molecule has 0 aromatic heterocycles. The molecule has 0 radical (unpaired) electrons. The molecule has 0 heterocycles. The zero-order valence-corrected chi connectivity index (χ0v) is 9.91. The van der Waals surface area contributed by atoms with Gasteiger partial charge in [0.2, 0.25) is 0 Å². The second-order valence-corrected chi connectivity index (χ2v) is 4.02. The van der Waals surface area contributed by atoms with Crippen LogP contribution in [0.5, 0.6) is 0 Å². The minimum absolute atomic E-state index is 0.315. The molecule has 2 aromatic rings. The highest BCUT2D eigenvalue weighted by Crippen LogP contribution is 2.08. The lowest BCUT2D eigenvalue weighted by Crippen LogP contribution is -1.94. The van der Waals surface area contributed by atoms with Gasteiger partial charge in [0.15, 0.2) is 0 Å². The Morgan fingerprint density at radius 2 is 1.67 bits per heavy atom. The van der Waals surface area contributed by atoms with Crippen molar-refractivity contribution in [1.29, 1.82) is 0 Å². The van der Waals surface area contributed by atoms with Crippen LogP contribution in [-0.2, 0) is 6.42 Å². The summed E-state index contributed by atoms with van der Waals surface area (Å²) in [5.41, 5.74) is 2.59. The van der Waals surface area contributed by atoms with Gasteiger partial charge in [-0.15, -0.1) is 0 Å². The summed E-state index contributed by atoms with van der Waals surface area (Å²) in [5.74, 6) is -0.894. The molecule has 0 unspecified atom stereocenters. The summed E-state index contributed by atoms with van der Waals surface area (Å²) in [6, 6.07) is 17.0. The molecule has 2 heteroatoms. The summed E-state index contributed by atoms with van der Waals surface area (Å²) in [6.45, 7) is 0. The third-order valence-electron chi connectivity index (χ3n) is 2.66. The fourth-order valence-electron chi connectivity index (χ4n) is 1.68. The molecule has 0 amide bonds. The Morgan fingerprint density at radius 3 is 2.28 bits per heavy atom. The Morgan fingerprint density at radius 1 is 1.00 bits per heavy atom. The number of hydrogen-bond acceptors (Lipinski definition) is 1. The topological polar surface area (TPSA) is 37.3 Å². The molecule has 2 aromatic carbocycles. The maximum absolute atomic E-state index is 10.7. The zero-order chi connectivity index (χ0) is 12.8. The number of aromatic carboxylic acids is 1. The molecule has 0 saturated carbocycles. The SMILES string of the molecule is O=C(O)c1ccc(C=CCc2ccccc2)cc1. The van der Waals surface area contributed by atoms with E-state index in [2.05, 4.69) is 18.2 Å². The van der Waals surface area contributed by atoms with Crippen LogP contribution in [0.25, 0.3) is 6.08 Å². The van der Waals surface area contributed by atoms with Gasteiger partial charge in [-0.3, -0.25) is 0 Å². The Hall–Kier alpha value is -2.35. The van der Waals surface area contributed by atoms with Crippen LogP contribution in [0.4, 0.5) is 0 Å². The zero-order valence-electron chi connectivity index (χ0n) is 9.91. The van der Waals surface area contributed by atoms with E-state index in [9.17, 15) is 4.79 Å². The van der Waals surface area contributed by atoms with Gasteiger partial charge in [-0.25, -0.2) is 4.79 Å². The number of carboxylic acids is 1. The highest BCUT2D eigenvalue weighted by Gasteiger charge is 1.99. The quantitative estimate of drug-likeness (QED) is 0.882. The summed E-state index contributed by atoms with van der Waals surface area (Å²) < 4.78 is 0. The van der Waals surface area contributed by atoms with Crippen LogP contribution in [0.15, 0.2) is 60.7 Å². The lowest BCUT2D eigenvalue weighted by atomic mass is 10.1.